The first-order valence-electron chi connectivity index (χ1n) is 12.9. The molecule has 2 N–H and O–H groups in total. The van der Waals surface area contributed by atoms with Crippen LogP contribution in [0, 0.1) is 24.2 Å². The second-order valence-corrected chi connectivity index (χ2v) is 10.6. The fourth-order valence-electron chi connectivity index (χ4n) is 6.52. The maximum absolute atomic E-state index is 13.1. The summed E-state index contributed by atoms with van der Waals surface area (Å²) in [5.41, 5.74) is 4.96. The van der Waals surface area contributed by atoms with E-state index in [-0.39, 0.29) is 23.7 Å². The Morgan fingerprint density at radius 1 is 1.17 bits per heavy atom. The lowest BCUT2D eigenvalue weighted by atomic mass is 9.55. The van der Waals surface area contributed by atoms with Crippen molar-refractivity contribution in [1.29, 1.82) is 5.26 Å². The lowest BCUT2D eigenvalue weighted by Gasteiger charge is -2.50. The van der Waals surface area contributed by atoms with E-state index in [4.69, 9.17) is 0 Å². The van der Waals surface area contributed by atoms with Crippen LogP contribution in [0.2, 0.25) is 0 Å². The number of hydrogen-bond acceptors (Lipinski definition) is 4. The van der Waals surface area contributed by atoms with Crippen molar-refractivity contribution in [2.45, 2.75) is 69.3 Å². The van der Waals surface area contributed by atoms with Crippen LogP contribution in [0.15, 0.2) is 66.9 Å². The number of carbonyl (C=O) groups is 1. The Balaban J connectivity index is 1.52. The summed E-state index contributed by atoms with van der Waals surface area (Å²) in [7, 11) is 0. The van der Waals surface area contributed by atoms with Crippen LogP contribution in [0.3, 0.4) is 0 Å². The first-order chi connectivity index (χ1) is 17.4. The van der Waals surface area contributed by atoms with Crippen molar-refractivity contribution in [1.82, 2.24) is 4.98 Å². The molecule has 1 aromatic heterocycles. The SMILES string of the molecule is Cc1ncccc1NC(=O)c1ccc2c(c1)CCC[C@@H]1C[C@](O)(CC#N)CC[C@]21Cc1ccccc1. The molecule has 5 heteroatoms. The van der Waals surface area contributed by atoms with E-state index in [0.717, 1.165) is 43.5 Å². The minimum atomic E-state index is -0.911. The Bertz CT molecular complexity index is 1300. The van der Waals surface area contributed by atoms with E-state index in [9.17, 15) is 15.2 Å². The highest BCUT2D eigenvalue weighted by molar-refractivity contribution is 6.04. The van der Waals surface area contributed by atoms with Crippen LogP contribution in [0.1, 0.15) is 71.3 Å². The van der Waals surface area contributed by atoms with Crippen molar-refractivity contribution >= 4 is 11.6 Å². The van der Waals surface area contributed by atoms with E-state index in [0.29, 0.717) is 18.4 Å². The number of nitriles is 1. The number of nitrogens with zero attached hydrogens (tertiary/aromatic N) is 2. The second kappa shape index (κ2) is 9.87. The number of hydrogen-bond donors (Lipinski definition) is 2. The van der Waals surface area contributed by atoms with Gasteiger partial charge in [0.2, 0.25) is 0 Å². The third-order valence-electron chi connectivity index (χ3n) is 8.37. The highest BCUT2D eigenvalue weighted by Gasteiger charge is 2.50. The van der Waals surface area contributed by atoms with E-state index in [1.807, 2.05) is 31.2 Å². The highest BCUT2D eigenvalue weighted by atomic mass is 16.3. The zero-order valence-electron chi connectivity index (χ0n) is 20.8. The van der Waals surface area contributed by atoms with E-state index in [2.05, 4.69) is 52.8 Å². The molecule has 184 valence electrons. The van der Waals surface area contributed by atoms with E-state index in [1.54, 1.807) is 6.20 Å². The molecule has 2 aliphatic rings. The second-order valence-electron chi connectivity index (χ2n) is 10.6. The molecule has 2 aromatic carbocycles. The number of aromatic nitrogens is 1. The summed E-state index contributed by atoms with van der Waals surface area (Å²) in [6.45, 7) is 1.89. The minimum Gasteiger partial charge on any atom is -0.389 e. The number of benzene rings is 2. The van der Waals surface area contributed by atoms with Gasteiger partial charge in [0.1, 0.15) is 0 Å². The van der Waals surface area contributed by atoms with Crippen LogP contribution in [-0.2, 0) is 18.3 Å². The van der Waals surface area contributed by atoms with E-state index >= 15 is 0 Å². The number of aliphatic hydroxyl groups is 1. The monoisotopic (exact) mass is 479 g/mol. The van der Waals surface area contributed by atoms with Crippen LogP contribution < -0.4 is 5.32 Å². The summed E-state index contributed by atoms with van der Waals surface area (Å²) in [5, 5.41) is 23.6. The van der Waals surface area contributed by atoms with Gasteiger partial charge in [0.25, 0.3) is 5.91 Å². The molecule has 36 heavy (non-hydrogen) atoms. The van der Waals surface area contributed by atoms with Gasteiger partial charge in [-0.1, -0.05) is 36.4 Å². The summed E-state index contributed by atoms with van der Waals surface area (Å²) in [6.07, 6.45) is 7.82. The molecule has 0 aliphatic heterocycles. The van der Waals surface area contributed by atoms with Gasteiger partial charge in [-0.2, -0.15) is 5.26 Å². The maximum Gasteiger partial charge on any atom is 0.255 e. The molecule has 2 aliphatic carbocycles. The Kier molecular flexibility index (Phi) is 6.64. The molecule has 3 aromatic rings. The van der Waals surface area contributed by atoms with Crippen LogP contribution in [0.5, 0.6) is 0 Å². The fourth-order valence-corrected chi connectivity index (χ4v) is 6.52. The van der Waals surface area contributed by atoms with Gasteiger partial charge >= 0.3 is 0 Å². The number of carbonyl (C=O) groups excluding carboxylic acids is 1. The Labute approximate surface area is 213 Å². The summed E-state index contributed by atoms with van der Waals surface area (Å²) in [4.78, 5) is 17.4. The van der Waals surface area contributed by atoms with Crippen molar-refractivity contribution in [3.8, 4) is 6.07 Å². The zero-order chi connectivity index (χ0) is 25.2. The van der Waals surface area contributed by atoms with Crippen molar-refractivity contribution in [3.05, 3.63) is 94.8 Å². The Morgan fingerprint density at radius 3 is 2.78 bits per heavy atom. The third kappa shape index (κ3) is 4.66. The molecule has 3 atom stereocenters. The third-order valence-corrected chi connectivity index (χ3v) is 8.37. The number of fused-ring (bicyclic) bond motifs is 3. The summed E-state index contributed by atoms with van der Waals surface area (Å²) >= 11 is 0. The number of rotatable bonds is 5. The number of pyridine rings is 1. The smallest absolute Gasteiger partial charge is 0.255 e. The lowest BCUT2D eigenvalue weighted by molar-refractivity contribution is -0.0437. The first-order valence-corrected chi connectivity index (χ1v) is 12.9. The fraction of sp³-hybridized carbons (Fsp3) is 0.387. The summed E-state index contributed by atoms with van der Waals surface area (Å²) in [6, 6.07) is 22.7. The van der Waals surface area contributed by atoms with Crippen molar-refractivity contribution in [2.24, 2.45) is 5.92 Å². The van der Waals surface area contributed by atoms with Gasteiger partial charge in [0.05, 0.1) is 29.5 Å². The highest BCUT2D eigenvalue weighted by Crippen LogP contribution is 2.54. The largest absolute Gasteiger partial charge is 0.389 e. The van der Waals surface area contributed by atoms with Crippen LogP contribution in [0.4, 0.5) is 5.69 Å². The number of anilines is 1. The molecule has 0 unspecified atom stereocenters. The van der Waals surface area contributed by atoms with Gasteiger partial charge in [0, 0.05) is 17.2 Å². The Hall–Kier alpha value is -3.49. The number of nitrogens with one attached hydrogen (secondary N) is 1. The van der Waals surface area contributed by atoms with Gasteiger partial charge in [-0.05, 0) is 98.7 Å². The predicted octanol–water partition coefficient (Wildman–Crippen LogP) is 5.90. The van der Waals surface area contributed by atoms with Crippen LogP contribution in [-0.4, -0.2) is 21.6 Å². The lowest BCUT2D eigenvalue weighted by Crippen LogP contribution is -2.49. The average Bonchev–Trinajstić information content (AvgIpc) is 3.02. The van der Waals surface area contributed by atoms with Gasteiger partial charge in [-0.3, -0.25) is 9.78 Å². The molecule has 0 radical (unpaired) electrons. The normalized spacial score (nSPS) is 25.1. The average molecular weight is 480 g/mol. The van der Waals surface area contributed by atoms with Gasteiger partial charge < -0.3 is 10.4 Å². The molecular weight excluding hydrogens is 446 g/mol. The Morgan fingerprint density at radius 2 is 2.00 bits per heavy atom. The molecular formula is C31H33N3O2. The minimum absolute atomic E-state index is 0.121. The molecule has 0 spiro atoms. The zero-order valence-corrected chi connectivity index (χ0v) is 20.8. The van der Waals surface area contributed by atoms with E-state index in [1.165, 1.54) is 16.7 Å². The van der Waals surface area contributed by atoms with E-state index < -0.39 is 5.60 Å². The molecule has 0 saturated heterocycles. The molecule has 1 heterocycles. The number of amides is 1. The molecule has 0 bridgehead atoms. The predicted molar refractivity (Wildman–Crippen MR) is 141 cm³/mol. The summed E-state index contributed by atoms with van der Waals surface area (Å²) < 4.78 is 0. The van der Waals surface area contributed by atoms with Crippen molar-refractivity contribution in [3.63, 3.8) is 0 Å². The standard InChI is InChI=1S/C31H33N3O2/c1-22-28(11-6-18-33-22)34-29(35)25-12-13-27-24(19-25)9-5-10-26-21-30(36,16-17-32)14-15-31(26,27)20-23-7-3-2-4-8-23/h2-4,6-8,11-13,18-19,26,36H,5,9-10,14-16,20-21H2,1H3,(H,34,35)/t26-,30-,31-/m1/s1. The van der Waals surface area contributed by atoms with Gasteiger partial charge in [-0.15, -0.1) is 0 Å². The van der Waals surface area contributed by atoms with Gasteiger partial charge in [-0.25, -0.2) is 0 Å². The quantitative estimate of drug-likeness (QED) is 0.477. The summed E-state index contributed by atoms with van der Waals surface area (Å²) in [5.74, 6) is 0.155. The van der Waals surface area contributed by atoms with Gasteiger partial charge in [0.15, 0.2) is 0 Å². The number of aryl methyl sites for hydroxylation is 2. The van der Waals surface area contributed by atoms with Crippen molar-refractivity contribution < 1.29 is 9.90 Å². The van der Waals surface area contributed by atoms with Crippen molar-refractivity contribution in [2.75, 3.05) is 5.32 Å². The topological polar surface area (TPSA) is 86.0 Å². The molecule has 5 rings (SSSR count). The first kappa shape index (κ1) is 24.2. The van der Waals surface area contributed by atoms with Crippen LogP contribution in [0.25, 0.3) is 0 Å². The maximum atomic E-state index is 13.1. The van der Waals surface area contributed by atoms with Crippen LogP contribution >= 0.6 is 0 Å². The molecule has 1 fully saturated rings. The molecule has 1 amide bonds. The molecule has 5 nitrogen and oxygen atoms in total. The molecule has 1 saturated carbocycles.